The molecule has 0 fully saturated rings. The quantitative estimate of drug-likeness (QED) is 0.327. The van der Waals surface area contributed by atoms with Crippen molar-refractivity contribution in [1.82, 2.24) is 0 Å². The minimum Gasteiger partial charge on any atom is -0.386 e. The molecule has 1 N–H and O–H groups in total. The number of Topliss-reactive ketones (excluding diaryl/α,β-unsaturated/α-hetero) is 2. The number of ketones is 2. The van der Waals surface area contributed by atoms with Crippen LogP contribution in [-0.4, -0.2) is 22.3 Å². The lowest BCUT2D eigenvalue weighted by molar-refractivity contribution is -0.127. The second-order valence-electron chi connectivity index (χ2n) is 10.3. The van der Waals surface area contributed by atoms with E-state index in [0.29, 0.717) is 17.6 Å². The van der Waals surface area contributed by atoms with E-state index in [1.165, 1.54) is 16.7 Å². The normalized spacial score (nSPS) is 22.9. The first kappa shape index (κ1) is 27.7. The second kappa shape index (κ2) is 12.8. The van der Waals surface area contributed by atoms with Crippen LogP contribution in [0.5, 0.6) is 0 Å². The molecule has 0 saturated heterocycles. The summed E-state index contributed by atoms with van der Waals surface area (Å²) < 4.78 is 0. The van der Waals surface area contributed by atoms with Crippen molar-refractivity contribution in [2.75, 3.05) is 0 Å². The summed E-state index contributed by atoms with van der Waals surface area (Å²) in [4.78, 5) is 25.6. The van der Waals surface area contributed by atoms with Gasteiger partial charge in [0.25, 0.3) is 0 Å². The van der Waals surface area contributed by atoms with E-state index in [0.717, 1.165) is 32.1 Å². The maximum Gasteiger partial charge on any atom is 0.171 e. The summed E-state index contributed by atoms with van der Waals surface area (Å²) in [6, 6.07) is 0. The first-order valence-electron chi connectivity index (χ1n) is 12.5. The first-order chi connectivity index (χ1) is 16.0. The second-order valence-corrected chi connectivity index (χ2v) is 10.3. The molecule has 0 heterocycles. The summed E-state index contributed by atoms with van der Waals surface area (Å²) in [6.45, 7) is 12.1. The van der Waals surface area contributed by atoms with Gasteiger partial charge in [-0.1, -0.05) is 71.4 Å². The highest BCUT2D eigenvalue weighted by Gasteiger charge is 2.38. The van der Waals surface area contributed by atoms with Gasteiger partial charge in [-0.05, 0) is 80.1 Å². The Morgan fingerprint density at radius 3 is 2.00 bits per heavy atom. The van der Waals surface area contributed by atoms with Gasteiger partial charge in [-0.25, -0.2) is 0 Å². The standard InChI is InChI=1S/C31H42O3/c1-22(2)12-9-13-23(3)14-10-15-24(4)16-11-20-31(6,34)21-19-26-25(5)29(32)27-17-7-8-18-28(27)30(26)33/h7-8,12,14,16-19,21,27-28,34H,9-11,13,15,20H2,1-6H3/b21-19+,23-14+,24-16+. The highest BCUT2D eigenvalue weighted by Crippen LogP contribution is 2.33. The van der Waals surface area contributed by atoms with Crippen molar-refractivity contribution in [3.8, 4) is 0 Å². The Morgan fingerprint density at radius 2 is 1.41 bits per heavy atom. The van der Waals surface area contributed by atoms with Crippen LogP contribution in [0.3, 0.4) is 0 Å². The van der Waals surface area contributed by atoms with Crippen LogP contribution in [0.15, 0.2) is 82.5 Å². The van der Waals surface area contributed by atoms with E-state index in [1.807, 2.05) is 18.2 Å². The lowest BCUT2D eigenvalue weighted by Crippen LogP contribution is -2.35. The maximum absolute atomic E-state index is 12.9. The molecule has 0 aromatic rings. The molecule has 0 spiro atoms. The molecular weight excluding hydrogens is 420 g/mol. The third-order valence-corrected chi connectivity index (χ3v) is 6.65. The minimum absolute atomic E-state index is 0.00993. The lowest BCUT2D eigenvalue weighted by Gasteiger charge is -2.28. The molecule has 2 aliphatic rings. The zero-order valence-corrected chi connectivity index (χ0v) is 21.9. The summed E-state index contributed by atoms with van der Waals surface area (Å²) in [7, 11) is 0. The molecule has 0 aromatic heterocycles. The molecule has 2 aliphatic carbocycles. The van der Waals surface area contributed by atoms with Crippen LogP contribution in [0, 0.1) is 11.8 Å². The Kier molecular flexibility index (Phi) is 10.4. The molecule has 3 heteroatoms. The fraction of sp³-hybridized carbons (Fsp3) is 0.484. The van der Waals surface area contributed by atoms with Gasteiger partial charge in [-0.2, -0.15) is 0 Å². The molecule has 0 radical (unpaired) electrons. The zero-order valence-electron chi connectivity index (χ0n) is 21.9. The van der Waals surface area contributed by atoms with E-state index in [1.54, 1.807) is 32.1 Å². The van der Waals surface area contributed by atoms with Gasteiger partial charge in [0.15, 0.2) is 11.6 Å². The summed E-state index contributed by atoms with van der Waals surface area (Å²) >= 11 is 0. The molecule has 0 bridgehead atoms. The van der Waals surface area contributed by atoms with Crippen molar-refractivity contribution in [3.63, 3.8) is 0 Å². The molecule has 0 saturated carbocycles. The fourth-order valence-electron chi connectivity index (χ4n) is 4.36. The van der Waals surface area contributed by atoms with Crippen molar-refractivity contribution in [3.05, 3.63) is 82.5 Å². The average Bonchev–Trinajstić information content (AvgIpc) is 2.77. The number of aliphatic hydroxyl groups is 1. The Bertz CT molecular complexity index is 972. The first-order valence-corrected chi connectivity index (χ1v) is 12.5. The van der Waals surface area contributed by atoms with Crippen LogP contribution in [0.4, 0.5) is 0 Å². The van der Waals surface area contributed by atoms with Crippen LogP contribution in [-0.2, 0) is 9.59 Å². The minimum atomic E-state index is -1.05. The van der Waals surface area contributed by atoms with Gasteiger partial charge in [0.1, 0.15) is 0 Å². The Balaban J connectivity index is 1.88. The van der Waals surface area contributed by atoms with Crippen molar-refractivity contribution >= 4 is 11.6 Å². The molecule has 2 rings (SSSR count). The summed E-state index contributed by atoms with van der Waals surface area (Å²) in [5.41, 5.74) is 3.99. The molecule has 0 aliphatic heterocycles. The number of carbonyl (C=O) groups is 2. The number of allylic oxidation sites excluding steroid dienone is 13. The van der Waals surface area contributed by atoms with Crippen molar-refractivity contribution < 1.29 is 14.7 Å². The van der Waals surface area contributed by atoms with E-state index >= 15 is 0 Å². The van der Waals surface area contributed by atoms with Crippen molar-refractivity contribution in [2.24, 2.45) is 11.8 Å². The Hall–Kier alpha value is -2.52. The predicted molar refractivity (Wildman–Crippen MR) is 142 cm³/mol. The number of hydrogen-bond acceptors (Lipinski definition) is 3. The molecule has 0 aromatic carbocycles. The van der Waals surface area contributed by atoms with Gasteiger partial charge in [0, 0.05) is 11.1 Å². The highest BCUT2D eigenvalue weighted by molar-refractivity contribution is 6.16. The Morgan fingerprint density at radius 1 is 0.882 bits per heavy atom. The molecule has 34 heavy (non-hydrogen) atoms. The van der Waals surface area contributed by atoms with Gasteiger partial charge in [-0.3, -0.25) is 9.59 Å². The Labute approximate surface area is 206 Å². The number of fused-ring (bicyclic) bond motifs is 1. The van der Waals surface area contributed by atoms with Crippen LogP contribution >= 0.6 is 0 Å². The molecule has 3 unspecified atom stereocenters. The van der Waals surface area contributed by atoms with Crippen LogP contribution < -0.4 is 0 Å². The number of carbonyl (C=O) groups excluding carboxylic acids is 2. The monoisotopic (exact) mass is 462 g/mol. The fourth-order valence-corrected chi connectivity index (χ4v) is 4.36. The van der Waals surface area contributed by atoms with Crippen molar-refractivity contribution in [1.29, 1.82) is 0 Å². The van der Waals surface area contributed by atoms with Crippen LogP contribution in [0.2, 0.25) is 0 Å². The van der Waals surface area contributed by atoms with Gasteiger partial charge in [-0.15, -0.1) is 0 Å². The van der Waals surface area contributed by atoms with Gasteiger partial charge in [0.2, 0.25) is 0 Å². The molecule has 184 valence electrons. The van der Waals surface area contributed by atoms with E-state index in [-0.39, 0.29) is 17.5 Å². The van der Waals surface area contributed by atoms with Crippen molar-refractivity contribution in [2.45, 2.75) is 85.7 Å². The third-order valence-electron chi connectivity index (χ3n) is 6.65. The van der Waals surface area contributed by atoms with E-state index in [9.17, 15) is 14.7 Å². The maximum atomic E-state index is 12.9. The lowest BCUT2D eigenvalue weighted by atomic mass is 9.72. The molecule has 3 atom stereocenters. The summed E-state index contributed by atoms with van der Waals surface area (Å²) in [5.74, 6) is -0.875. The van der Waals surface area contributed by atoms with Gasteiger partial charge >= 0.3 is 0 Å². The van der Waals surface area contributed by atoms with Crippen LogP contribution in [0.1, 0.15) is 80.1 Å². The number of hydrogen-bond donors (Lipinski definition) is 1. The van der Waals surface area contributed by atoms with Gasteiger partial charge < -0.3 is 5.11 Å². The summed E-state index contributed by atoms with van der Waals surface area (Å²) in [5, 5.41) is 10.8. The predicted octanol–water partition coefficient (Wildman–Crippen LogP) is 7.32. The zero-order chi connectivity index (χ0) is 25.3. The summed E-state index contributed by atoms with van der Waals surface area (Å²) in [6.07, 6.45) is 23.0. The van der Waals surface area contributed by atoms with E-state index < -0.39 is 11.5 Å². The smallest absolute Gasteiger partial charge is 0.171 e. The molecule has 0 amide bonds. The molecule has 3 nitrogen and oxygen atoms in total. The largest absolute Gasteiger partial charge is 0.386 e. The molecular formula is C31H42O3. The number of rotatable bonds is 11. The topological polar surface area (TPSA) is 54.4 Å². The average molecular weight is 463 g/mol. The van der Waals surface area contributed by atoms with E-state index in [2.05, 4.69) is 45.9 Å². The van der Waals surface area contributed by atoms with Crippen LogP contribution in [0.25, 0.3) is 0 Å². The van der Waals surface area contributed by atoms with E-state index in [4.69, 9.17) is 0 Å². The SMILES string of the molecule is CC(C)=CCC/C(C)=C/CC/C(C)=C/CCC(C)(O)/C=C/C1=C(C)C(=O)C2C=CC=CC2C1=O. The highest BCUT2D eigenvalue weighted by atomic mass is 16.3. The van der Waals surface area contributed by atoms with Gasteiger partial charge in [0.05, 0.1) is 17.4 Å². The third kappa shape index (κ3) is 8.36.